The molecule has 3 aromatic carbocycles. The zero-order valence-corrected chi connectivity index (χ0v) is 23.6. The van der Waals surface area contributed by atoms with Crippen LogP contribution in [0.1, 0.15) is 33.2 Å². The van der Waals surface area contributed by atoms with Crippen molar-refractivity contribution in [2.45, 2.75) is 12.7 Å². The van der Waals surface area contributed by atoms with E-state index in [4.69, 9.17) is 4.74 Å². The lowest BCUT2D eigenvalue weighted by Crippen LogP contribution is -2.48. The summed E-state index contributed by atoms with van der Waals surface area (Å²) in [6.45, 7) is 4.67. The molecule has 7 nitrogen and oxygen atoms in total. The van der Waals surface area contributed by atoms with Gasteiger partial charge in [-0.15, -0.1) is 0 Å². The van der Waals surface area contributed by atoms with E-state index in [0.29, 0.717) is 66.5 Å². The second-order valence-electron chi connectivity index (χ2n) is 9.57. The SMILES string of the molecule is CCOc1cncc(-c2ccc(C(=O)N3CCN(c4ccc(C(=O)NSCc5ccccc5)cc4)CC3)cc2F)c1. The fourth-order valence-corrected chi connectivity index (χ4v) is 5.37. The Kier molecular flexibility index (Phi) is 9.15. The van der Waals surface area contributed by atoms with Crippen LogP contribution in [0.2, 0.25) is 0 Å². The number of piperazine rings is 1. The average molecular weight is 571 g/mol. The van der Waals surface area contributed by atoms with Gasteiger partial charge in [-0.05, 0) is 66.9 Å². The zero-order valence-electron chi connectivity index (χ0n) is 22.8. The number of anilines is 1. The minimum atomic E-state index is -0.479. The van der Waals surface area contributed by atoms with Crippen LogP contribution in [0.5, 0.6) is 5.75 Å². The number of amides is 2. The molecule has 210 valence electrons. The summed E-state index contributed by atoms with van der Waals surface area (Å²) >= 11 is 1.37. The molecule has 0 aliphatic carbocycles. The van der Waals surface area contributed by atoms with Gasteiger partial charge in [0.25, 0.3) is 11.8 Å². The number of nitrogens with one attached hydrogen (secondary N) is 1. The molecular formula is C32H31FN4O3S. The van der Waals surface area contributed by atoms with E-state index in [1.807, 2.05) is 61.5 Å². The van der Waals surface area contributed by atoms with Gasteiger partial charge in [-0.1, -0.05) is 36.4 Å². The van der Waals surface area contributed by atoms with E-state index >= 15 is 4.39 Å². The molecule has 2 heterocycles. The second-order valence-corrected chi connectivity index (χ2v) is 10.4. The predicted molar refractivity (Wildman–Crippen MR) is 161 cm³/mol. The molecule has 0 atom stereocenters. The second kappa shape index (κ2) is 13.3. The Morgan fingerprint density at radius 2 is 1.66 bits per heavy atom. The van der Waals surface area contributed by atoms with Crippen LogP contribution in [0.4, 0.5) is 10.1 Å². The molecule has 1 aliphatic heterocycles. The summed E-state index contributed by atoms with van der Waals surface area (Å²) in [4.78, 5) is 33.7. The number of halogens is 1. The van der Waals surface area contributed by atoms with Gasteiger partial charge >= 0.3 is 0 Å². The Hall–Kier alpha value is -4.37. The standard InChI is InChI=1S/C32H31FN4O3S/c1-2-40-28-18-26(20-34-21-28)29-13-10-25(19-30(29)33)32(39)37-16-14-36(15-17-37)27-11-8-24(9-12-27)31(38)35-41-22-23-6-4-3-5-7-23/h3-13,18-21H,2,14-17,22H2,1H3,(H,35,38). The highest BCUT2D eigenvalue weighted by atomic mass is 32.2. The molecule has 1 saturated heterocycles. The van der Waals surface area contributed by atoms with Gasteiger partial charge in [0.1, 0.15) is 11.6 Å². The minimum absolute atomic E-state index is 0.135. The molecule has 5 rings (SSSR count). The van der Waals surface area contributed by atoms with Crippen molar-refractivity contribution in [3.05, 3.63) is 114 Å². The molecule has 0 spiro atoms. The Morgan fingerprint density at radius 1 is 0.927 bits per heavy atom. The molecule has 1 aromatic heterocycles. The molecule has 4 aromatic rings. The van der Waals surface area contributed by atoms with Gasteiger partial charge < -0.3 is 14.5 Å². The summed E-state index contributed by atoms with van der Waals surface area (Å²) in [5, 5.41) is 0. The molecule has 0 radical (unpaired) electrons. The van der Waals surface area contributed by atoms with E-state index in [9.17, 15) is 9.59 Å². The van der Waals surface area contributed by atoms with Crippen LogP contribution in [-0.4, -0.2) is 54.5 Å². The van der Waals surface area contributed by atoms with Crippen molar-refractivity contribution in [2.75, 3.05) is 37.7 Å². The summed E-state index contributed by atoms with van der Waals surface area (Å²) in [6.07, 6.45) is 3.16. The highest BCUT2D eigenvalue weighted by molar-refractivity contribution is 7.97. The third-order valence-corrected chi connectivity index (χ3v) is 7.67. The number of nitrogens with zero attached hydrogens (tertiary/aromatic N) is 3. The van der Waals surface area contributed by atoms with Crippen LogP contribution < -0.4 is 14.4 Å². The van der Waals surface area contributed by atoms with Crippen molar-refractivity contribution in [2.24, 2.45) is 0 Å². The maximum absolute atomic E-state index is 15.0. The van der Waals surface area contributed by atoms with E-state index < -0.39 is 5.82 Å². The van der Waals surface area contributed by atoms with E-state index in [1.165, 1.54) is 18.0 Å². The average Bonchev–Trinajstić information content (AvgIpc) is 3.01. The van der Waals surface area contributed by atoms with Crippen LogP contribution >= 0.6 is 11.9 Å². The maximum Gasteiger partial charge on any atom is 0.261 e. The molecule has 0 unspecified atom stereocenters. The molecule has 0 saturated carbocycles. The van der Waals surface area contributed by atoms with E-state index in [-0.39, 0.29) is 11.8 Å². The van der Waals surface area contributed by atoms with Crippen LogP contribution in [0, 0.1) is 5.82 Å². The monoisotopic (exact) mass is 570 g/mol. The molecule has 1 aliphatic rings. The highest BCUT2D eigenvalue weighted by Gasteiger charge is 2.23. The number of ether oxygens (including phenoxy) is 1. The summed E-state index contributed by atoms with van der Waals surface area (Å²) in [5.74, 6) is 0.455. The molecular weight excluding hydrogens is 539 g/mol. The lowest BCUT2D eigenvalue weighted by atomic mass is 10.0. The Bertz CT molecular complexity index is 1490. The number of hydrogen-bond donors (Lipinski definition) is 1. The van der Waals surface area contributed by atoms with Crippen molar-refractivity contribution in [1.29, 1.82) is 0 Å². The first kappa shape index (κ1) is 28.2. The van der Waals surface area contributed by atoms with Crippen LogP contribution in [-0.2, 0) is 5.75 Å². The van der Waals surface area contributed by atoms with E-state index in [0.717, 1.165) is 11.3 Å². The quantitative estimate of drug-likeness (QED) is 0.256. The fourth-order valence-electron chi connectivity index (χ4n) is 4.69. The number of carbonyl (C=O) groups excluding carboxylic acids is 2. The van der Waals surface area contributed by atoms with Gasteiger partial charge in [0, 0.05) is 66.1 Å². The van der Waals surface area contributed by atoms with Crippen molar-refractivity contribution >= 4 is 29.4 Å². The molecule has 9 heteroatoms. The van der Waals surface area contributed by atoms with Gasteiger partial charge in [0.05, 0.1) is 12.8 Å². The number of hydrogen-bond acceptors (Lipinski definition) is 6. The Labute approximate surface area is 243 Å². The van der Waals surface area contributed by atoms with Crippen molar-refractivity contribution < 1.29 is 18.7 Å². The summed E-state index contributed by atoms with van der Waals surface area (Å²) in [5.41, 5.74) is 4.00. The molecule has 41 heavy (non-hydrogen) atoms. The lowest BCUT2D eigenvalue weighted by Gasteiger charge is -2.36. The fraction of sp³-hybridized carbons (Fsp3) is 0.219. The summed E-state index contributed by atoms with van der Waals surface area (Å²) in [6, 6.07) is 23.8. The molecule has 1 fully saturated rings. The van der Waals surface area contributed by atoms with Crippen molar-refractivity contribution in [3.63, 3.8) is 0 Å². The first-order valence-electron chi connectivity index (χ1n) is 13.5. The minimum Gasteiger partial charge on any atom is -0.492 e. The lowest BCUT2D eigenvalue weighted by molar-refractivity contribution is 0.0746. The van der Waals surface area contributed by atoms with Crippen molar-refractivity contribution in [1.82, 2.24) is 14.6 Å². The molecule has 1 N–H and O–H groups in total. The number of pyridine rings is 1. The van der Waals surface area contributed by atoms with Gasteiger partial charge in [0.15, 0.2) is 0 Å². The smallest absolute Gasteiger partial charge is 0.261 e. The largest absolute Gasteiger partial charge is 0.492 e. The summed E-state index contributed by atoms with van der Waals surface area (Å²) < 4.78 is 23.4. The van der Waals surface area contributed by atoms with Gasteiger partial charge in [-0.2, -0.15) is 0 Å². The summed E-state index contributed by atoms with van der Waals surface area (Å²) in [7, 11) is 0. The van der Waals surface area contributed by atoms with Crippen LogP contribution in [0.25, 0.3) is 11.1 Å². The van der Waals surface area contributed by atoms with E-state index in [1.54, 1.807) is 35.5 Å². The predicted octanol–water partition coefficient (Wildman–Crippen LogP) is 5.83. The van der Waals surface area contributed by atoms with Gasteiger partial charge in [-0.3, -0.25) is 19.3 Å². The molecule has 0 bridgehead atoms. The van der Waals surface area contributed by atoms with E-state index in [2.05, 4.69) is 14.6 Å². The first-order valence-corrected chi connectivity index (χ1v) is 14.5. The van der Waals surface area contributed by atoms with Crippen LogP contribution in [0.3, 0.4) is 0 Å². The number of rotatable bonds is 9. The Morgan fingerprint density at radius 3 is 2.37 bits per heavy atom. The first-order chi connectivity index (χ1) is 20.0. The van der Waals surface area contributed by atoms with Crippen LogP contribution in [0.15, 0.2) is 91.3 Å². The third kappa shape index (κ3) is 7.05. The van der Waals surface area contributed by atoms with Gasteiger partial charge in [0.2, 0.25) is 0 Å². The number of aromatic nitrogens is 1. The zero-order chi connectivity index (χ0) is 28.6. The highest BCUT2D eigenvalue weighted by Crippen LogP contribution is 2.27. The number of carbonyl (C=O) groups is 2. The number of benzene rings is 3. The normalized spacial score (nSPS) is 13.1. The topological polar surface area (TPSA) is 74.8 Å². The maximum atomic E-state index is 15.0. The Balaban J connectivity index is 1.14. The molecule has 2 amide bonds. The van der Waals surface area contributed by atoms with Crippen molar-refractivity contribution in [3.8, 4) is 16.9 Å². The third-order valence-electron chi connectivity index (χ3n) is 6.86. The van der Waals surface area contributed by atoms with Gasteiger partial charge in [-0.25, -0.2) is 4.39 Å².